The molecule has 0 spiro atoms. The second-order valence-corrected chi connectivity index (χ2v) is 5.09. The highest BCUT2D eigenvalue weighted by molar-refractivity contribution is 5.28. The predicted octanol–water partition coefficient (Wildman–Crippen LogP) is 2.47. The van der Waals surface area contributed by atoms with Crippen molar-refractivity contribution in [3.8, 4) is 0 Å². The van der Waals surface area contributed by atoms with E-state index in [0.717, 1.165) is 11.1 Å². The molecule has 0 aliphatic carbocycles. The van der Waals surface area contributed by atoms with E-state index in [9.17, 15) is 4.39 Å². The van der Waals surface area contributed by atoms with E-state index < -0.39 is 0 Å². The fourth-order valence-electron chi connectivity index (χ4n) is 1.63. The van der Waals surface area contributed by atoms with Crippen LogP contribution in [0.1, 0.15) is 31.0 Å². The van der Waals surface area contributed by atoms with E-state index in [0.29, 0.717) is 0 Å². The molecule has 3 heteroatoms. The first-order valence-corrected chi connectivity index (χ1v) is 5.45. The number of halogens is 1. The van der Waals surface area contributed by atoms with Crippen molar-refractivity contribution in [2.24, 2.45) is 5.73 Å². The van der Waals surface area contributed by atoms with Crippen LogP contribution in [0.5, 0.6) is 0 Å². The summed E-state index contributed by atoms with van der Waals surface area (Å²) in [5, 5.41) is 0. The average molecular weight is 224 g/mol. The van der Waals surface area contributed by atoms with Crippen molar-refractivity contribution in [3.63, 3.8) is 0 Å². The van der Waals surface area contributed by atoms with Gasteiger partial charge in [0.1, 0.15) is 5.82 Å². The van der Waals surface area contributed by atoms with Crippen molar-refractivity contribution in [3.05, 3.63) is 35.1 Å². The molecule has 0 aromatic heterocycles. The molecule has 0 amide bonds. The van der Waals surface area contributed by atoms with Gasteiger partial charge in [-0.3, -0.25) is 0 Å². The highest BCUT2D eigenvalue weighted by Gasteiger charge is 2.30. The molecule has 90 valence electrons. The summed E-state index contributed by atoms with van der Waals surface area (Å²) in [6.45, 7) is 5.98. The lowest BCUT2D eigenvalue weighted by molar-refractivity contribution is 0.158. The fourth-order valence-corrected chi connectivity index (χ4v) is 1.63. The van der Waals surface area contributed by atoms with E-state index in [1.807, 2.05) is 27.1 Å². The summed E-state index contributed by atoms with van der Waals surface area (Å²) in [5.74, 6) is -0.222. The van der Waals surface area contributed by atoms with E-state index in [1.54, 1.807) is 0 Å². The summed E-state index contributed by atoms with van der Waals surface area (Å²) in [4.78, 5) is 2.05. The third-order valence-corrected chi connectivity index (χ3v) is 3.34. The van der Waals surface area contributed by atoms with Gasteiger partial charge in [-0.25, -0.2) is 4.39 Å². The molecule has 0 aliphatic heterocycles. The van der Waals surface area contributed by atoms with Crippen molar-refractivity contribution >= 4 is 0 Å². The van der Waals surface area contributed by atoms with Gasteiger partial charge in [0.25, 0.3) is 0 Å². The maximum absolute atomic E-state index is 13.3. The molecule has 16 heavy (non-hydrogen) atoms. The molecule has 0 radical (unpaired) electrons. The van der Waals surface area contributed by atoms with Gasteiger partial charge in [-0.2, -0.15) is 0 Å². The van der Waals surface area contributed by atoms with Crippen LogP contribution in [0.15, 0.2) is 18.2 Å². The van der Waals surface area contributed by atoms with Crippen LogP contribution >= 0.6 is 0 Å². The maximum Gasteiger partial charge on any atom is 0.123 e. The Morgan fingerprint density at radius 3 is 2.25 bits per heavy atom. The molecule has 0 saturated heterocycles. The summed E-state index contributed by atoms with van der Waals surface area (Å²) < 4.78 is 13.3. The monoisotopic (exact) mass is 224 g/mol. The van der Waals surface area contributed by atoms with Crippen LogP contribution in [0.3, 0.4) is 0 Å². The van der Waals surface area contributed by atoms with Gasteiger partial charge in [0, 0.05) is 11.6 Å². The molecule has 2 N–H and O–H groups in total. The van der Waals surface area contributed by atoms with E-state index in [1.165, 1.54) is 12.1 Å². The first-order chi connectivity index (χ1) is 7.25. The Bertz CT molecular complexity index is 352. The third-order valence-electron chi connectivity index (χ3n) is 3.34. The molecule has 2 nitrogen and oxygen atoms in total. The minimum Gasteiger partial charge on any atom is -0.322 e. The van der Waals surface area contributed by atoms with Crippen LogP contribution in [-0.2, 0) is 0 Å². The zero-order chi connectivity index (χ0) is 12.5. The van der Waals surface area contributed by atoms with Crippen LogP contribution in [0.25, 0.3) is 0 Å². The summed E-state index contributed by atoms with van der Waals surface area (Å²) in [6.07, 6.45) is 0. The molecular formula is C13H21FN2. The molecule has 1 unspecified atom stereocenters. The number of benzene rings is 1. The first-order valence-electron chi connectivity index (χ1n) is 5.45. The quantitative estimate of drug-likeness (QED) is 0.854. The van der Waals surface area contributed by atoms with Gasteiger partial charge >= 0.3 is 0 Å². The van der Waals surface area contributed by atoms with Crippen molar-refractivity contribution < 1.29 is 4.39 Å². The van der Waals surface area contributed by atoms with Gasteiger partial charge in [0.2, 0.25) is 0 Å². The smallest absolute Gasteiger partial charge is 0.123 e. The zero-order valence-corrected chi connectivity index (χ0v) is 10.7. The van der Waals surface area contributed by atoms with Gasteiger partial charge in [-0.15, -0.1) is 0 Å². The molecule has 0 fully saturated rings. The number of nitrogens with two attached hydrogens (primary N) is 1. The molecule has 1 atom stereocenters. The van der Waals surface area contributed by atoms with Crippen LogP contribution in [-0.4, -0.2) is 24.5 Å². The Morgan fingerprint density at radius 1 is 1.25 bits per heavy atom. The number of hydrogen-bond acceptors (Lipinski definition) is 2. The van der Waals surface area contributed by atoms with E-state index in [4.69, 9.17) is 5.73 Å². The van der Waals surface area contributed by atoms with Crippen molar-refractivity contribution in [1.82, 2.24) is 4.90 Å². The lowest BCUT2D eigenvalue weighted by Gasteiger charge is -2.38. The molecule has 0 bridgehead atoms. The fraction of sp³-hybridized carbons (Fsp3) is 0.538. The summed E-state index contributed by atoms with van der Waals surface area (Å²) >= 11 is 0. The standard InChI is InChI=1S/C13H21FN2/c1-9-6-10(8-11(14)7-9)12(15)13(2,3)16(4)5/h6-8,12H,15H2,1-5H3. The van der Waals surface area contributed by atoms with Gasteiger partial charge in [0.05, 0.1) is 0 Å². The Hall–Kier alpha value is -0.930. The highest BCUT2D eigenvalue weighted by atomic mass is 19.1. The second kappa shape index (κ2) is 4.52. The molecule has 1 rings (SSSR count). The van der Waals surface area contributed by atoms with Gasteiger partial charge < -0.3 is 10.6 Å². The van der Waals surface area contributed by atoms with Crippen LogP contribution in [0, 0.1) is 12.7 Å². The SMILES string of the molecule is Cc1cc(F)cc(C(N)C(C)(C)N(C)C)c1. The van der Waals surface area contributed by atoms with E-state index >= 15 is 0 Å². The lowest BCUT2D eigenvalue weighted by atomic mass is 9.87. The molecule has 0 heterocycles. The minimum absolute atomic E-state index is 0.208. The number of nitrogens with zero attached hydrogens (tertiary/aromatic N) is 1. The van der Waals surface area contributed by atoms with Crippen LogP contribution in [0.2, 0.25) is 0 Å². The Kier molecular flexibility index (Phi) is 3.71. The van der Waals surface area contributed by atoms with E-state index in [2.05, 4.69) is 18.7 Å². The van der Waals surface area contributed by atoms with Gasteiger partial charge in [0.15, 0.2) is 0 Å². The van der Waals surface area contributed by atoms with Crippen LogP contribution < -0.4 is 5.73 Å². The number of hydrogen-bond donors (Lipinski definition) is 1. The zero-order valence-electron chi connectivity index (χ0n) is 10.7. The normalized spacial score (nSPS) is 14.2. The minimum atomic E-state index is -0.222. The largest absolute Gasteiger partial charge is 0.322 e. The third kappa shape index (κ3) is 2.60. The molecule has 1 aromatic rings. The predicted molar refractivity (Wildman–Crippen MR) is 65.8 cm³/mol. The second-order valence-electron chi connectivity index (χ2n) is 5.09. The number of likely N-dealkylation sites (N-methyl/N-ethyl adjacent to an activating group) is 1. The number of aryl methyl sites for hydroxylation is 1. The lowest BCUT2D eigenvalue weighted by Crippen LogP contribution is -2.47. The van der Waals surface area contributed by atoms with Crippen molar-refractivity contribution in [2.45, 2.75) is 32.4 Å². The van der Waals surface area contributed by atoms with Crippen LogP contribution in [0.4, 0.5) is 4.39 Å². The van der Waals surface area contributed by atoms with Crippen molar-refractivity contribution in [2.75, 3.05) is 14.1 Å². The molecule has 0 aliphatic rings. The van der Waals surface area contributed by atoms with Gasteiger partial charge in [-0.05, 0) is 58.1 Å². The molecular weight excluding hydrogens is 203 g/mol. The topological polar surface area (TPSA) is 29.3 Å². The maximum atomic E-state index is 13.3. The molecule has 1 aromatic carbocycles. The summed E-state index contributed by atoms with van der Waals surface area (Å²) in [6, 6.07) is 4.76. The average Bonchev–Trinajstić information content (AvgIpc) is 2.14. The Balaban J connectivity index is 3.09. The molecule has 0 saturated carbocycles. The summed E-state index contributed by atoms with van der Waals surface area (Å²) in [7, 11) is 3.96. The van der Waals surface area contributed by atoms with Crippen molar-refractivity contribution in [1.29, 1.82) is 0 Å². The number of rotatable bonds is 3. The Labute approximate surface area is 97.3 Å². The first kappa shape index (κ1) is 13.1. The van der Waals surface area contributed by atoms with E-state index in [-0.39, 0.29) is 17.4 Å². The Morgan fingerprint density at radius 2 is 1.81 bits per heavy atom. The summed E-state index contributed by atoms with van der Waals surface area (Å²) in [5.41, 5.74) is 7.74. The van der Waals surface area contributed by atoms with Gasteiger partial charge in [-0.1, -0.05) is 6.07 Å². The highest BCUT2D eigenvalue weighted by Crippen LogP contribution is 2.28.